The predicted molar refractivity (Wildman–Crippen MR) is 83.9 cm³/mol. The van der Waals surface area contributed by atoms with Gasteiger partial charge in [0.2, 0.25) is 5.91 Å². The molecule has 110 valence electrons. The van der Waals surface area contributed by atoms with Crippen molar-refractivity contribution < 1.29 is 4.79 Å². The van der Waals surface area contributed by atoms with Crippen LogP contribution in [0.4, 0.5) is 0 Å². The third-order valence-corrected chi connectivity index (χ3v) is 4.05. The van der Waals surface area contributed by atoms with Crippen molar-refractivity contribution in [2.45, 2.75) is 25.8 Å². The molecule has 2 aromatic rings. The average Bonchev–Trinajstić information content (AvgIpc) is 2.56. The molecular formula is C17H21N3O. The zero-order valence-electron chi connectivity index (χ0n) is 12.2. The quantitative estimate of drug-likeness (QED) is 0.936. The van der Waals surface area contributed by atoms with Crippen LogP contribution in [0.25, 0.3) is 10.8 Å². The lowest BCUT2D eigenvalue weighted by atomic mass is 10.1. The molecule has 0 radical (unpaired) electrons. The van der Waals surface area contributed by atoms with Crippen LogP contribution in [-0.2, 0) is 11.3 Å². The first-order chi connectivity index (χ1) is 10.3. The number of benzene rings is 1. The van der Waals surface area contributed by atoms with E-state index in [1.165, 1.54) is 11.8 Å². The maximum absolute atomic E-state index is 12.1. The molecule has 1 fully saturated rings. The lowest BCUT2D eigenvalue weighted by molar-refractivity contribution is -0.131. The number of carbonyl (C=O) groups is 1. The fourth-order valence-corrected chi connectivity index (χ4v) is 2.88. The highest BCUT2D eigenvalue weighted by Crippen LogP contribution is 2.16. The molecule has 4 heteroatoms. The summed E-state index contributed by atoms with van der Waals surface area (Å²) in [4.78, 5) is 18.3. The van der Waals surface area contributed by atoms with Gasteiger partial charge in [-0.15, -0.1) is 0 Å². The molecule has 1 saturated heterocycles. The highest BCUT2D eigenvalue weighted by atomic mass is 16.2. The topological polar surface area (TPSA) is 45.2 Å². The number of pyridine rings is 1. The molecule has 1 N–H and O–H groups in total. The van der Waals surface area contributed by atoms with Gasteiger partial charge >= 0.3 is 0 Å². The van der Waals surface area contributed by atoms with Crippen LogP contribution < -0.4 is 5.32 Å². The molecule has 0 unspecified atom stereocenters. The summed E-state index contributed by atoms with van der Waals surface area (Å²) < 4.78 is 0. The first-order valence-electron chi connectivity index (χ1n) is 7.65. The summed E-state index contributed by atoms with van der Waals surface area (Å²) in [5, 5.41) is 5.60. The van der Waals surface area contributed by atoms with E-state index in [9.17, 15) is 4.79 Å². The van der Waals surface area contributed by atoms with E-state index in [1.807, 2.05) is 29.4 Å². The van der Waals surface area contributed by atoms with Gasteiger partial charge in [-0.3, -0.25) is 9.78 Å². The Labute approximate surface area is 125 Å². The number of carbonyl (C=O) groups excluding carboxylic acids is 1. The van der Waals surface area contributed by atoms with Crippen LogP contribution in [0.15, 0.2) is 36.7 Å². The summed E-state index contributed by atoms with van der Waals surface area (Å²) in [6.07, 6.45) is 7.27. The molecule has 0 atom stereocenters. The van der Waals surface area contributed by atoms with Gasteiger partial charge < -0.3 is 10.2 Å². The Hall–Kier alpha value is -1.94. The summed E-state index contributed by atoms with van der Waals surface area (Å²) >= 11 is 0. The molecule has 0 spiro atoms. The van der Waals surface area contributed by atoms with E-state index in [1.54, 1.807) is 0 Å². The molecule has 0 saturated carbocycles. The fraction of sp³-hybridized carbons (Fsp3) is 0.412. The van der Waals surface area contributed by atoms with Crippen molar-refractivity contribution in [2.75, 3.05) is 19.6 Å². The molecule has 1 aliphatic rings. The van der Waals surface area contributed by atoms with Gasteiger partial charge in [0.25, 0.3) is 0 Å². The Balaban J connectivity index is 1.58. The van der Waals surface area contributed by atoms with Crippen LogP contribution in [0.5, 0.6) is 0 Å². The van der Waals surface area contributed by atoms with Crippen molar-refractivity contribution in [1.82, 2.24) is 15.2 Å². The van der Waals surface area contributed by atoms with Crippen LogP contribution in [0.3, 0.4) is 0 Å². The molecule has 2 heterocycles. The number of hydrogen-bond acceptors (Lipinski definition) is 3. The number of hydrogen-bond donors (Lipinski definition) is 1. The van der Waals surface area contributed by atoms with E-state index in [2.05, 4.69) is 22.4 Å². The van der Waals surface area contributed by atoms with E-state index in [0.29, 0.717) is 13.1 Å². The fourth-order valence-electron chi connectivity index (χ4n) is 2.88. The smallest absolute Gasteiger partial charge is 0.236 e. The lowest BCUT2D eigenvalue weighted by Crippen LogP contribution is -2.40. The second-order valence-corrected chi connectivity index (χ2v) is 5.56. The number of nitrogens with zero attached hydrogens (tertiary/aromatic N) is 2. The van der Waals surface area contributed by atoms with Gasteiger partial charge in [-0.25, -0.2) is 0 Å². The Kier molecular flexibility index (Phi) is 4.46. The Morgan fingerprint density at radius 2 is 1.95 bits per heavy atom. The van der Waals surface area contributed by atoms with Crippen molar-refractivity contribution in [1.29, 1.82) is 0 Å². The molecule has 0 bridgehead atoms. The first kappa shape index (κ1) is 14.0. The van der Waals surface area contributed by atoms with E-state index in [4.69, 9.17) is 0 Å². The van der Waals surface area contributed by atoms with Crippen molar-refractivity contribution in [3.8, 4) is 0 Å². The number of piperidine rings is 1. The molecule has 1 amide bonds. The molecule has 3 rings (SSSR count). The van der Waals surface area contributed by atoms with Crippen LogP contribution in [-0.4, -0.2) is 35.4 Å². The van der Waals surface area contributed by atoms with E-state index < -0.39 is 0 Å². The van der Waals surface area contributed by atoms with Crippen LogP contribution >= 0.6 is 0 Å². The number of fused-ring (bicyclic) bond motifs is 1. The minimum absolute atomic E-state index is 0.211. The second kappa shape index (κ2) is 6.68. The first-order valence-corrected chi connectivity index (χ1v) is 7.65. The number of aromatic nitrogens is 1. The minimum Gasteiger partial charge on any atom is -0.342 e. The molecule has 1 aromatic carbocycles. The maximum atomic E-state index is 12.1. The second-order valence-electron chi connectivity index (χ2n) is 5.56. The van der Waals surface area contributed by atoms with E-state index in [-0.39, 0.29) is 5.91 Å². The van der Waals surface area contributed by atoms with Gasteiger partial charge in [0.1, 0.15) is 0 Å². The van der Waals surface area contributed by atoms with Crippen LogP contribution in [0.1, 0.15) is 24.8 Å². The lowest BCUT2D eigenvalue weighted by Gasteiger charge is -2.26. The molecule has 1 aliphatic heterocycles. The molecule has 21 heavy (non-hydrogen) atoms. The van der Waals surface area contributed by atoms with Crippen molar-refractivity contribution in [3.05, 3.63) is 42.2 Å². The molecule has 0 aliphatic carbocycles. The zero-order valence-corrected chi connectivity index (χ0v) is 12.2. The summed E-state index contributed by atoms with van der Waals surface area (Å²) in [6.45, 7) is 2.91. The van der Waals surface area contributed by atoms with E-state index in [0.717, 1.165) is 36.9 Å². The highest BCUT2D eigenvalue weighted by molar-refractivity contribution is 5.84. The largest absolute Gasteiger partial charge is 0.342 e. The monoisotopic (exact) mass is 283 g/mol. The van der Waals surface area contributed by atoms with Crippen molar-refractivity contribution in [3.63, 3.8) is 0 Å². The van der Waals surface area contributed by atoms with Gasteiger partial charge in [0.15, 0.2) is 0 Å². The van der Waals surface area contributed by atoms with Gasteiger partial charge in [-0.2, -0.15) is 0 Å². The number of nitrogens with one attached hydrogen (secondary N) is 1. The van der Waals surface area contributed by atoms with Gasteiger partial charge in [0.05, 0.1) is 6.54 Å². The summed E-state index contributed by atoms with van der Waals surface area (Å²) in [7, 11) is 0. The normalized spacial score (nSPS) is 15.3. The summed E-state index contributed by atoms with van der Waals surface area (Å²) in [6, 6.07) is 8.21. The minimum atomic E-state index is 0.211. The standard InChI is InChI=1S/C17H21N3O/c21-17(20-8-4-1-5-9-20)13-19-12-15-11-18-10-14-6-2-3-7-16(14)15/h2-3,6-7,10-11,19H,1,4-5,8-9,12-13H2. The predicted octanol–water partition coefficient (Wildman–Crippen LogP) is 2.34. The summed E-state index contributed by atoms with van der Waals surface area (Å²) in [5.74, 6) is 0.211. The van der Waals surface area contributed by atoms with E-state index >= 15 is 0 Å². The highest BCUT2D eigenvalue weighted by Gasteiger charge is 2.15. The maximum Gasteiger partial charge on any atom is 0.236 e. The number of likely N-dealkylation sites (tertiary alicyclic amines) is 1. The Bertz CT molecular complexity index is 615. The number of rotatable bonds is 4. The van der Waals surface area contributed by atoms with Crippen LogP contribution in [0, 0.1) is 0 Å². The van der Waals surface area contributed by atoms with Crippen molar-refractivity contribution in [2.24, 2.45) is 0 Å². The SMILES string of the molecule is O=C(CNCc1cncc2ccccc12)N1CCCCC1. The third kappa shape index (κ3) is 3.39. The van der Waals surface area contributed by atoms with Gasteiger partial charge in [0, 0.05) is 37.4 Å². The molecule has 1 aromatic heterocycles. The van der Waals surface area contributed by atoms with Gasteiger partial charge in [-0.05, 0) is 30.2 Å². The summed E-state index contributed by atoms with van der Waals surface area (Å²) in [5.41, 5.74) is 1.14. The molecule has 4 nitrogen and oxygen atoms in total. The molecular weight excluding hydrogens is 262 g/mol. The van der Waals surface area contributed by atoms with Crippen molar-refractivity contribution >= 4 is 16.7 Å². The average molecular weight is 283 g/mol. The third-order valence-electron chi connectivity index (χ3n) is 4.05. The zero-order chi connectivity index (χ0) is 14.5. The number of amides is 1. The Morgan fingerprint density at radius 1 is 1.14 bits per heavy atom. The van der Waals surface area contributed by atoms with Crippen LogP contribution in [0.2, 0.25) is 0 Å². The Morgan fingerprint density at radius 3 is 2.81 bits per heavy atom. The van der Waals surface area contributed by atoms with Gasteiger partial charge in [-0.1, -0.05) is 24.3 Å².